The van der Waals surface area contributed by atoms with E-state index in [-0.39, 0.29) is 18.5 Å². The van der Waals surface area contributed by atoms with Gasteiger partial charge in [0.05, 0.1) is 12.5 Å². The Bertz CT molecular complexity index is 741. The average molecular weight is 345 g/mol. The minimum atomic E-state index is -3.35. The number of carbonyl (C=O) groups is 1. The van der Waals surface area contributed by atoms with Crippen LogP contribution in [0.3, 0.4) is 0 Å². The van der Waals surface area contributed by atoms with E-state index in [2.05, 4.69) is 4.98 Å². The van der Waals surface area contributed by atoms with E-state index in [0.29, 0.717) is 25.6 Å². The summed E-state index contributed by atoms with van der Waals surface area (Å²) in [5.74, 6) is -2.46. The second-order valence-electron chi connectivity index (χ2n) is 6.12. The monoisotopic (exact) mass is 345 g/mol. The first-order valence-corrected chi connectivity index (χ1v) is 9.17. The molecule has 23 heavy (non-hydrogen) atoms. The number of pyridine rings is 1. The Kier molecular flexibility index (Phi) is 4.09. The third-order valence-electron chi connectivity index (χ3n) is 4.42. The lowest BCUT2D eigenvalue weighted by molar-refractivity contribution is 0.0577. The summed E-state index contributed by atoms with van der Waals surface area (Å²) in [7, 11) is -3.35. The van der Waals surface area contributed by atoms with Gasteiger partial charge in [0.2, 0.25) is 10.0 Å². The molecule has 3 aliphatic heterocycles. The predicted octanol–water partition coefficient (Wildman–Crippen LogP) is 0.856. The van der Waals surface area contributed by atoms with E-state index >= 15 is 0 Å². The predicted molar refractivity (Wildman–Crippen MR) is 78.1 cm³/mol. The third kappa shape index (κ3) is 3.20. The Labute approximate surface area is 133 Å². The Balaban J connectivity index is 1.88. The maximum Gasteiger partial charge on any atom is 0.275 e. The van der Waals surface area contributed by atoms with Gasteiger partial charge in [0.15, 0.2) is 11.5 Å². The van der Waals surface area contributed by atoms with Crippen LogP contribution in [0.2, 0.25) is 0 Å². The first kappa shape index (κ1) is 16.3. The van der Waals surface area contributed by atoms with Crippen molar-refractivity contribution < 1.29 is 22.0 Å². The number of amides is 1. The highest BCUT2D eigenvalue weighted by Crippen LogP contribution is 2.30. The molecule has 9 heteroatoms. The van der Waals surface area contributed by atoms with Crippen LogP contribution in [-0.4, -0.2) is 60.4 Å². The number of hydrogen-bond donors (Lipinski definition) is 0. The number of hydrogen-bond acceptors (Lipinski definition) is 4. The van der Waals surface area contributed by atoms with Crippen LogP contribution in [0.15, 0.2) is 12.3 Å². The van der Waals surface area contributed by atoms with Gasteiger partial charge >= 0.3 is 0 Å². The highest BCUT2D eigenvalue weighted by atomic mass is 32.2. The zero-order valence-corrected chi connectivity index (χ0v) is 13.4. The third-order valence-corrected chi connectivity index (χ3v) is 5.66. The van der Waals surface area contributed by atoms with Crippen LogP contribution in [0, 0.1) is 17.6 Å². The van der Waals surface area contributed by atoms with Crippen molar-refractivity contribution >= 4 is 15.9 Å². The summed E-state index contributed by atoms with van der Waals surface area (Å²) in [5.41, 5.74) is -0.426. The molecule has 3 aliphatic rings. The largest absolute Gasteiger partial charge is 0.333 e. The van der Waals surface area contributed by atoms with Gasteiger partial charge in [0.25, 0.3) is 5.91 Å². The summed E-state index contributed by atoms with van der Waals surface area (Å²) in [6, 6.07) is 0.307. The van der Waals surface area contributed by atoms with E-state index in [4.69, 9.17) is 0 Å². The molecule has 3 saturated heterocycles. The summed E-state index contributed by atoms with van der Waals surface area (Å²) in [4.78, 5) is 17.6. The molecule has 0 saturated carbocycles. The number of rotatable bonds is 2. The van der Waals surface area contributed by atoms with Gasteiger partial charge in [-0.1, -0.05) is 0 Å². The molecular formula is C14H17F2N3O3S. The summed E-state index contributed by atoms with van der Waals surface area (Å²) in [6.45, 7) is 0.913. The Morgan fingerprint density at radius 3 is 2.65 bits per heavy atom. The number of fused-ring (bicyclic) bond motifs is 4. The average Bonchev–Trinajstić information content (AvgIpc) is 2.78. The maximum absolute atomic E-state index is 13.8. The van der Waals surface area contributed by atoms with Gasteiger partial charge in [0.1, 0.15) is 5.82 Å². The van der Waals surface area contributed by atoms with E-state index < -0.39 is 33.3 Å². The van der Waals surface area contributed by atoms with Gasteiger partial charge in [-0.15, -0.1) is 0 Å². The topological polar surface area (TPSA) is 70.6 Å². The molecule has 0 spiro atoms. The zero-order valence-electron chi connectivity index (χ0n) is 12.6. The smallest absolute Gasteiger partial charge is 0.275 e. The van der Waals surface area contributed by atoms with Gasteiger partial charge in [-0.2, -0.15) is 4.31 Å². The minimum Gasteiger partial charge on any atom is -0.333 e. The van der Waals surface area contributed by atoms with Crippen LogP contribution in [0.4, 0.5) is 8.78 Å². The molecule has 1 amide bonds. The molecule has 0 unspecified atom stereocenters. The number of piperidine rings is 1. The lowest BCUT2D eigenvalue weighted by atomic mass is 9.94. The molecule has 4 heterocycles. The molecule has 0 radical (unpaired) electrons. The molecule has 0 aliphatic carbocycles. The van der Waals surface area contributed by atoms with E-state index in [1.165, 1.54) is 9.21 Å². The number of aromatic nitrogens is 1. The van der Waals surface area contributed by atoms with Gasteiger partial charge < -0.3 is 4.90 Å². The molecule has 126 valence electrons. The van der Waals surface area contributed by atoms with Gasteiger partial charge in [-0.25, -0.2) is 22.2 Å². The van der Waals surface area contributed by atoms with Crippen molar-refractivity contribution in [2.45, 2.75) is 18.9 Å². The number of halogens is 2. The van der Waals surface area contributed by atoms with E-state index in [1.54, 1.807) is 0 Å². The fraction of sp³-hybridized carbons (Fsp3) is 0.571. The molecule has 2 bridgehead atoms. The Hall–Kier alpha value is -1.61. The van der Waals surface area contributed by atoms with Crippen LogP contribution in [0.5, 0.6) is 0 Å². The maximum atomic E-state index is 13.8. The summed E-state index contributed by atoms with van der Waals surface area (Å²) >= 11 is 0. The number of sulfonamides is 1. The van der Waals surface area contributed by atoms with Crippen molar-refractivity contribution in [3.8, 4) is 0 Å². The van der Waals surface area contributed by atoms with Crippen molar-refractivity contribution in [3.63, 3.8) is 0 Å². The minimum absolute atomic E-state index is 0.0101. The summed E-state index contributed by atoms with van der Waals surface area (Å²) in [6.07, 6.45) is 3.42. The lowest BCUT2D eigenvalue weighted by Crippen LogP contribution is -2.48. The van der Waals surface area contributed by atoms with Gasteiger partial charge in [0, 0.05) is 31.7 Å². The lowest BCUT2D eigenvalue weighted by Gasteiger charge is -2.35. The van der Waals surface area contributed by atoms with E-state index in [9.17, 15) is 22.0 Å². The fourth-order valence-corrected chi connectivity index (χ4v) is 4.19. The van der Waals surface area contributed by atoms with Gasteiger partial charge in [-0.3, -0.25) is 4.79 Å². The zero-order chi connectivity index (χ0) is 16.8. The summed E-state index contributed by atoms with van der Waals surface area (Å²) in [5, 5.41) is 0. The van der Waals surface area contributed by atoms with Crippen molar-refractivity contribution in [1.29, 1.82) is 0 Å². The van der Waals surface area contributed by atoms with Crippen molar-refractivity contribution in [1.82, 2.24) is 14.2 Å². The summed E-state index contributed by atoms with van der Waals surface area (Å²) < 4.78 is 51.7. The molecular weight excluding hydrogens is 328 g/mol. The number of nitrogens with zero attached hydrogens (tertiary/aromatic N) is 3. The van der Waals surface area contributed by atoms with E-state index in [1.807, 2.05) is 0 Å². The first-order valence-electron chi connectivity index (χ1n) is 7.33. The van der Waals surface area contributed by atoms with Gasteiger partial charge in [-0.05, 0) is 18.8 Å². The molecule has 6 nitrogen and oxygen atoms in total. The van der Waals surface area contributed by atoms with Crippen molar-refractivity contribution in [3.05, 3.63) is 29.6 Å². The van der Waals surface area contributed by atoms with Crippen molar-refractivity contribution in [2.24, 2.45) is 5.92 Å². The van der Waals surface area contributed by atoms with Crippen molar-refractivity contribution in [2.75, 3.05) is 25.9 Å². The van der Waals surface area contributed by atoms with Crippen LogP contribution in [-0.2, 0) is 10.0 Å². The van der Waals surface area contributed by atoms with Crippen LogP contribution < -0.4 is 0 Å². The molecule has 3 fully saturated rings. The molecule has 2 atom stereocenters. The molecule has 1 aromatic rings. The second kappa shape index (κ2) is 5.79. The normalized spacial score (nSPS) is 25.4. The highest BCUT2D eigenvalue weighted by Gasteiger charge is 2.40. The Morgan fingerprint density at radius 2 is 2.00 bits per heavy atom. The highest BCUT2D eigenvalue weighted by molar-refractivity contribution is 7.88. The first-order chi connectivity index (χ1) is 10.8. The van der Waals surface area contributed by atoms with Crippen LogP contribution >= 0.6 is 0 Å². The number of carbonyl (C=O) groups excluding carboxylic acids is 1. The molecule has 1 aromatic heterocycles. The molecule has 0 aromatic carbocycles. The SMILES string of the molecule is CS(=O)(=O)N1C[C@@H]2CC[C@H](C1)N(C(=O)c1ncc(F)cc1F)C2. The second-order valence-corrected chi connectivity index (χ2v) is 8.10. The fourth-order valence-electron chi connectivity index (χ4n) is 3.27. The standard InChI is InChI=1S/C14H17F2N3O3S/c1-23(21,22)18-6-9-2-3-11(8-18)19(7-9)14(20)13-12(16)4-10(15)5-17-13/h4-5,9,11H,2-3,6-8H2,1H3/t9-,11+/m0/s1. The molecule has 0 N–H and O–H groups in total. The quantitative estimate of drug-likeness (QED) is 0.797. The Morgan fingerprint density at radius 1 is 1.26 bits per heavy atom. The van der Waals surface area contributed by atoms with E-state index in [0.717, 1.165) is 18.9 Å². The molecule has 4 rings (SSSR count). The van der Waals surface area contributed by atoms with Crippen LogP contribution in [0.25, 0.3) is 0 Å². The van der Waals surface area contributed by atoms with Crippen LogP contribution in [0.1, 0.15) is 23.3 Å².